The minimum absolute atomic E-state index is 0.600. The lowest BCUT2D eigenvalue weighted by molar-refractivity contribution is 0.318. The van der Waals surface area contributed by atoms with E-state index in [-0.39, 0.29) is 0 Å². The lowest BCUT2D eigenvalue weighted by Crippen LogP contribution is -1.95. The van der Waals surface area contributed by atoms with E-state index in [0.29, 0.717) is 17.2 Å². The molecule has 1 rings (SSSR count). The number of hydrogen-bond acceptors (Lipinski definition) is 2. The monoisotopic (exact) mass is 143 g/mol. The van der Waals surface area contributed by atoms with Gasteiger partial charge in [-0.25, -0.2) is 0 Å². The Morgan fingerprint density at radius 1 is 1.67 bits per heavy atom. The standard InChI is InChI=1S/C6H6ClNO/c7-5-2-1-3-6(4-5)8-9/h1-2,4,9H,3H2. The van der Waals surface area contributed by atoms with E-state index in [1.54, 1.807) is 12.2 Å². The Morgan fingerprint density at radius 2 is 2.44 bits per heavy atom. The van der Waals surface area contributed by atoms with Crippen LogP contribution in [-0.4, -0.2) is 10.9 Å². The van der Waals surface area contributed by atoms with Gasteiger partial charge in [-0.15, -0.1) is 0 Å². The Bertz CT molecular complexity index is 193. The highest BCUT2D eigenvalue weighted by Gasteiger charge is 1.99. The van der Waals surface area contributed by atoms with Crippen LogP contribution < -0.4 is 0 Å². The molecular weight excluding hydrogens is 138 g/mol. The SMILES string of the molecule is ON=C1C=C(Cl)C=CC1. The maximum absolute atomic E-state index is 8.26. The maximum Gasteiger partial charge on any atom is 0.0848 e. The molecule has 3 heteroatoms. The van der Waals surface area contributed by atoms with Gasteiger partial charge in [-0.1, -0.05) is 22.8 Å². The molecule has 0 aromatic heterocycles. The molecule has 0 spiro atoms. The van der Waals surface area contributed by atoms with E-state index in [1.807, 2.05) is 6.08 Å². The second-order valence-electron chi connectivity index (χ2n) is 1.73. The molecule has 0 fully saturated rings. The summed E-state index contributed by atoms with van der Waals surface area (Å²) >= 11 is 5.57. The van der Waals surface area contributed by atoms with E-state index >= 15 is 0 Å². The molecule has 0 unspecified atom stereocenters. The highest BCUT2D eigenvalue weighted by Crippen LogP contribution is 2.10. The van der Waals surface area contributed by atoms with Crippen molar-refractivity contribution in [3.8, 4) is 0 Å². The van der Waals surface area contributed by atoms with Gasteiger partial charge in [0.25, 0.3) is 0 Å². The molecule has 0 aliphatic heterocycles. The van der Waals surface area contributed by atoms with Crippen molar-refractivity contribution in [1.82, 2.24) is 0 Å². The summed E-state index contributed by atoms with van der Waals surface area (Å²) in [7, 11) is 0. The summed E-state index contributed by atoms with van der Waals surface area (Å²) in [4.78, 5) is 0. The van der Waals surface area contributed by atoms with Crippen LogP contribution in [0.4, 0.5) is 0 Å². The molecule has 0 saturated carbocycles. The van der Waals surface area contributed by atoms with Crippen molar-refractivity contribution in [1.29, 1.82) is 0 Å². The number of hydrogen-bond donors (Lipinski definition) is 1. The molecule has 1 aliphatic carbocycles. The first-order chi connectivity index (χ1) is 4.33. The van der Waals surface area contributed by atoms with Crippen LogP contribution in [-0.2, 0) is 0 Å². The van der Waals surface area contributed by atoms with Gasteiger partial charge in [0, 0.05) is 11.5 Å². The molecule has 0 aromatic rings. The number of halogens is 1. The van der Waals surface area contributed by atoms with Crippen LogP contribution in [0.25, 0.3) is 0 Å². The van der Waals surface area contributed by atoms with Crippen molar-refractivity contribution >= 4 is 17.3 Å². The van der Waals surface area contributed by atoms with Crippen LogP contribution in [0.2, 0.25) is 0 Å². The molecule has 9 heavy (non-hydrogen) atoms. The first-order valence-corrected chi connectivity index (χ1v) is 2.95. The smallest absolute Gasteiger partial charge is 0.0848 e. The third-order valence-corrected chi connectivity index (χ3v) is 1.27. The number of allylic oxidation sites excluding steroid dienone is 4. The molecule has 0 amide bonds. The Labute approximate surface area is 58.1 Å². The molecule has 2 nitrogen and oxygen atoms in total. The summed E-state index contributed by atoms with van der Waals surface area (Å²) in [5, 5.41) is 11.9. The van der Waals surface area contributed by atoms with Crippen molar-refractivity contribution in [2.75, 3.05) is 0 Å². The minimum atomic E-state index is 0.600. The first kappa shape index (κ1) is 6.36. The van der Waals surface area contributed by atoms with E-state index in [2.05, 4.69) is 5.16 Å². The second kappa shape index (κ2) is 2.69. The quantitative estimate of drug-likeness (QED) is 0.408. The van der Waals surface area contributed by atoms with Crippen LogP contribution >= 0.6 is 11.6 Å². The zero-order chi connectivity index (χ0) is 6.69. The van der Waals surface area contributed by atoms with Gasteiger partial charge < -0.3 is 5.21 Å². The summed E-state index contributed by atoms with van der Waals surface area (Å²) in [6.45, 7) is 0. The lowest BCUT2D eigenvalue weighted by Gasteiger charge is -1.98. The molecule has 1 aliphatic rings. The molecule has 0 radical (unpaired) electrons. The molecular formula is C6H6ClNO. The average molecular weight is 144 g/mol. The van der Waals surface area contributed by atoms with Gasteiger partial charge in [-0.3, -0.25) is 0 Å². The van der Waals surface area contributed by atoms with E-state index in [4.69, 9.17) is 16.8 Å². The van der Waals surface area contributed by atoms with Crippen LogP contribution in [0.1, 0.15) is 6.42 Å². The molecule has 1 N–H and O–H groups in total. The topological polar surface area (TPSA) is 32.6 Å². The van der Waals surface area contributed by atoms with E-state index in [0.717, 1.165) is 0 Å². The molecule has 0 bridgehead atoms. The minimum Gasteiger partial charge on any atom is -0.411 e. The molecule has 48 valence electrons. The van der Waals surface area contributed by atoms with Crippen LogP contribution in [0, 0.1) is 0 Å². The fourth-order valence-corrected chi connectivity index (χ4v) is 0.843. The van der Waals surface area contributed by atoms with Gasteiger partial charge in [0.15, 0.2) is 0 Å². The highest BCUT2D eigenvalue weighted by molar-refractivity contribution is 6.33. The van der Waals surface area contributed by atoms with Crippen LogP contribution in [0.15, 0.2) is 28.4 Å². The Balaban J connectivity index is 2.78. The fraction of sp³-hybridized carbons (Fsp3) is 0.167. The van der Waals surface area contributed by atoms with Crippen LogP contribution in [0.5, 0.6) is 0 Å². The van der Waals surface area contributed by atoms with E-state index < -0.39 is 0 Å². The molecule has 0 saturated heterocycles. The van der Waals surface area contributed by atoms with Crippen LogP contribution in [0.3, 0.4) is 0 Å². The van der Waals surface area contributed by atoms with Crippen molar-refractivity contribution in [2.24, 2.45) is 5.16 Å². The maximum atomic E-state index is 8.26. The number of rotatable bonds is 0. The normalized spacial score (nSPS) is 22.3. The molecule has 0 heterocycles. The van der Waals surface area contributed by atoms with Crippen molar-refractivity contribution in [3.05, 3.63) is 23.3 Å². The lowest BCUT2D eigenvalue weighted by atomic mass is 10.2. The fourth-order valence-electron chi connectivity index (χ4n) is 0.628. The Kier molecular flexibility index (Phi) is 1.90. The summed E-state index contributed by atoms with van der Waals surface area (Å²) in [5.74, 6) is 0. The van der Waals surface area contributed by atoms with E-state index in [1.165, 1.54) is 0 Å². The summed E-state index contributed by atoms with van der Waals surface area (Å²) in [6.07, 6.45) is 5.90. The van der Waals surface area contributed by atoms with Gasteiger partial charge >= 0.3 is 0 Å². The Morgan fingerprint density at radius 3 is 2.89 bits per heavy atom. The largest absolute Gasteiger partial charge is 0.411 e. The number of oxime groups is 1. The van der Waals surface area contributed by atoms with Gasteiger partial charge in [0.05, 0.1) is 5.71 Å². The molecule has 0 aromatic carbocycles. The third-order valence-electron chi connectivity index (χ3n) is 1.04. The summed E-state index contributed by atoms with van der Waals surface area (Å²) < 4.78 is 0. The predicted octanol–water partition coefficient (Wildman–Crippen LogP) is 1.90. The average Bonchev–Trinajstić information content (AvgIpc) is 1.88. The van der Waals surface area contributed by atoms with E-state index in [9.17, 15) is 0 Å². The highest BCUT2D eigenvalue weighted by atomic mass is 35.5. The first-order valence-electron chi connectivity index (χ1n) is 2.57. The van der Waals surface area contributed by atoms with Gasteiger partial charge in [-0.2, -0.15) is 0 Å². The van der Waals surface area contributed by atoms with Gasteiger partial charge in [-0.05, 0) is 12.2 Å². The predicted molar refractivity (Wildman–Crippen MR) is 36.9 cm³/mol. The van der Waals surface area contributed by atoms with Gasteiger partial charge in [0.1, 0.15) is 0 Å². The summed E-state index contributed by atoms with van der Waals surface area (Å²) in [6, 6.07) is 0. The zero-order valence-corrected chi connectivity index (χ0v) is 5.47. The number of nitrogens with zero attached hydrogens (tertiary/aromatic N) is 1. The van der Waals surface area contributed by atoms with Crippen molar-refractivity contribution < 1.29 is 5.21 Å². The van der Waals surface area contributed by atoms with Crippen molar-refractivity contribution in [3.63, 3.8) is 0 Å². The summed E-state index contributed by atoms with van der Waals surface area (Å²) in [5.41, 5.74) is 0.600. The third kappa shape index (κ3) is 1.57. The Hall–Kier alpha value is -0.760. The molecule has 0 atom stereocenters. The van der Waals surface area contributed by atoms with Gasteiger partial charge in [0.2, 0.25) is 0 Å². The zero-order valence-electron chi connectivity index (χ0n) is 4.71. The second-order valence-corrected chi connectivity index (χ2v) is 2.16. The van der Waals surface area contributed by atoms with Crippen molar-refractivity contribution in [2.45, 2.75) is 6.42 Å².